The Balaban J connectivity index is 2.02. The van der Waals surface area contributed by atoms with Gasteiger partial charge in [0.1, 0.15) is 11.4 Å². The molecule has 0 radical (unpaired) electrons. The Labute approximate surface area is 95.9 Å². The Bertz CT molecular complexity index is 307. The number of piperidine rings is 1. The minimum Gasteiger partial charge on any atom is -0.365 e. The van der Waals surface area contributed by atoms with Crippen molar-refractivity contribution in [1.82, 2.24) is 4.90 Å². The zero-order chi connectivity index (χ0) is 11.8. The van der Waals surface area contributed by atoms with Crippen molar-refractivity contribution < 1.29 is 14.3 Å². The monoisotopic (exact) mass is 225 g/mol. The summed E-state index contributed by atoms with van der Waals surface area (Å²) >= 11 is 0. The van der Waals surface area contributed by atoms with E-state index in [9.17, 15) is 9.59 Å². The molecule has 2 rings (SSSR count). The summed E-state index contributed by atoms with van der Waals surface area (Å²) in [4.78, 5) is 25.4. The first kappa shape index (κ1) is 11.6. The van der Waals surface area contributed by atoms with Crippen LogP contribution in [0, 0.1) is 5.92 Å². The number of carbonyl (C=O) groups is 2. The SMILES string of the molecule is CC1CN(C(=O)C2(C)CCCO2)CCC1=O. The van der Waals surface area contributed by atoms with Crippen molar-refractivity contribution >= 4 is 11.7 Å². The molecule has 2 atom stereocenters. The van der Waals surface area contributed by atoms with Gasteiger partial charge in [0, 0.05) is 32.0 Å². The number of nitrogens with zero attached hydrogens (tertiary/aromatic N) is 1. The fourth-order valence-electron chi connectivity index (χ4n) is 2.48. The molecule has 0 bridgehead atoms. The van der Waals surface area contributed by atoms with Gasteiger partial charge in [-0.3, -0.25) is 9.59 Å². The molecule has 90 valence electrons. The Kier molecular flexibility index (Phi) is 3.02. The summed E-state index contributed by atoms with van der Waals surface area (Å²) in [5.41, 5.74) is -0.639. The number of ether oxygens (including phenoxy) is 1. The Morgan fingerprint density at radius 1 is 1.56 bits per heavy atom. The first-order valence-electron chi connectivity index (χ1n) is 5.99. The topological polar surface area (TPSA) is 46.6 Å². The molecule has 2 aliphatic heterocycles. The molecule has 16 heavy (non-hydrogen) atoms. The molecule has 0 aliphatic carbocycles. The molecule has 0 aromatic rings. The predicted molar refractivity (Wildman–Crippen MR) is 59.0 cm³/mol. The lowest BCUT2D eigenvalue weighted by Gasteiger charge is -2.35. The van der Waals surface area contributed by atoms with E-state index in [1.165, 1.54) is 0 Å². The summed E-state index contributed by atoms with van der Waals surface area (Å²) in [6, 6.07) is 0. The van der Waals surface area contributed by atoms with Crippen LogP contribution in [-0.2, 0) is 14.3 Å². The highest BCUT2D eigenvalue weighted by atomic mass is 16.5. The zero-order valence-electron chi connectivity index (χ0n) is 9.99. The normalized spacial score (nSPS) is 35.5. The molecule has 0 spiro atoms. The lowest BCUT2D eigenvalue weighted by molar-refractivity contribution is -0.154. The summed E-state index contributed by atoms with van der Waals surface area (Å²) in [6.45, 7) is 5.53. The van der Waals surface area contributed by atoms with Crippen molar-refractivity contribution in [2.45, 2.75) is 38.7 Å². The van der Waals surface area contributed by atoms with Crippen LogP contribution in [0.2, 0.25) is 0 Å². The van der Waals surface area contributed by atoms with E-state index in [0.29, 0.717) is 26.1 Å². The quantitative estimate of drug-likeness (QED) is 0.668. The van der Waals surface area contributed by atoms with Crippen LogP contribution in [0.1, 0.15) is 33.1 Å². The maximum Gasteiger partial charge on any atom is 0.254 e. The molecule has 0 aromatic carbocycles. The van der Waals surface area contributed by atoms with Gasteiger partial charge in [-0.15, -0.1) is 0 Å². The van der Waals surface area contributed by atoms with E-state index in [-0.39, 0.29) is 17.6 Å². The third kappa shape index (κ3) is 1.98. The highest BCUT2D eigenvalue weighted by Gasteiger charge is 2.42. The average Bonchev–Trinajstić information content (AvgIpc) is 2.70. The van der Waals surface area contributed by atoms with Gasteiger partial charge in [-0.1, -0.05) is 6.92 Å². The molecule has 4 nitrogen and oxygen atoms in total. The van der Waals surface area contributed by atoms with Gasteiger partial charge >= 0.3 is 0 Å². The number of Topliss-reactive ketones (excluding diaryl/α,β-unsaturated/α-hetero) is 1. The molecular formula is C12H19NO3. The smallest absolute Gasteiger partial charge is 0.254 e. The summed E-state index contributed by atoms with van der Waals surface area (Å²) in [7, 11) is 0. The molecular weight excluding hydrogens is 206 g/mol. The van der Waals surface area contributed by atoms with Crippen molar-refractivity contribution in [2.75, 3.05) is 19.7 Å². The molecule has 2 aliphatic rings. The second-order valence-corrected chi connectivity index (χ2v) is 5.05. The van der Waals surface area contributed by atoms with Gasteiger partial charge < -0.3 is 9.64 Å². The van der Waals surface area contributed by atoms with Gasteiger partial charge in [0.15, 0.2) is 0 Å². The van der Waals surface area contributed by atoms with Crippen molar-refractivity contribution in [3.63, 3.8) is 0 Å². The van der Waals surface area contributed by atoms with E-state index in [4.69, 9.17) is 4.74 Å². The van der Waals surface area contributed by atoms with Crippen LogP contribution in [0.15, 0.2) is 0 Å². The second kappa shape index (κ2) is 4.17. The fraction of sp³-hybridized carbons (Fsp3) is 0.833. The number of ketones is 1. The Hall–Kier alpha value is -0.900. The van der Waals surface area contributed by atoms with Gasteiger partial charge in [-0.2, -0.15) is 0 Å². The second-order valence-electron chi connectivity index (χ2n) is 5.05. The standard InChI is InChI=1S/C12H19NO3/c1-9-8-13(6-4-10(9)14)11(15)12(2)5-3-7-16-12/h9H,3-8H2,1-2H3. The molecule has 2 fully saturated rings. The van der Waals surface area contributed by atoms with Crippen molar-refractivity contribution in [2.24, 2.45) is 5.92 Å². The van der Waals surface area contributed by atoms with E-state index < -0.39 is 5.60 Å². The van der Waals surface area contributed by atoms with Crippen LogP contribution in [0.5, 0.6) is 0 Å². The number of hydrogen-bond donors (Lipinski definition) is 0. The fourth-order valence-corrected chi connectivity index (χ4v) is 2.48. The average molecular weight is 225 g/mol. The van der Waals surface area contributed by atoms with Crippen molar-refractivity contribution in [1.29, 1.82) is 0 Å². The van der Waals surface area contributed by atoms with Gasteiger partial charge in [0.2, 0.25) is 0 Å². The van der Waals surface area contributed by atoms with E-state index >= 15 is 0 Å². The number of rotatable bonds is 1. The number of amides is 1. The molecule has 2 heterocycles. The first-order valence-corrected chi connectivity index (χ1v) is 5.99. The first-order chi connectivity index (χ1) is 7.53. The van der Waals surface area contributed by atoms with Crippen LogP contribution < -0.4 is 0 Å². The van der Waals surface area contributed by atoms with Gasteiger partial charge in [-0.25, -0.2) is 0 Å². The zero-order valence-corrected chi connectivity index (χ0v) is 9.99. The predicted octanol–water partition coefficient (Wildman–Crippen LogP) is 0.993. The third-order valence-electron chi connectivity index (χ3n) is 3.63. The Morgan fingerprint density at radius 3 is 2.88 bits per heavy atom. The van der Waals surface area contributed by atoms with Crippen LogP contribution in [0.3, 0.4) is 0 Å². The highest BCUT2D eigenvalue weighted by molar-refractivity contribution is 5.88. The number of hydrogen-bond acceptors (Lipinski definition) is 3. The van der Waals surface area contributed by atoms with E-state index in [1.807, 2.05) is 13.8 Å². The van der Waals surface area contributed by atoms with Crippen LogP contribution in [-0.4, -0.2) is 41.9 Å². The summed E-state index contributed by atoms with van der Waals surface area (Å²) in [6.07, 6.45) is 2.23. The Morgan fingerprint density at radius 2 is 2.31 bits per heavy atom. The summed E-state index contributed by atoms with van der Waals surface area (Å²) < 4.78 is 5.54. The maximum atomic E-state index is 12.3. The minimum atomic E-state index is -0.639. The van der Waals surface area contributed by atoms with E-state index in [0.717, 1.165) is 12.8 Å². The van der Waals surface area contributed by atoms with Gasteiger partial charge in [0.05, 0.1) is 0 Å². The summed E-state index contributed by atoms with van der Waals surface area (Å²) in [5.74, 6) is 0.300. The number of likely N-dealkylation sites (tertiary alicyclic amines) is 1. The van der Waals surface area contributed by atoms with Crippen LogP contribution in [0.4, 0.5) is 0 Å². The van der Waals surface area contributed by atoms with E-state index in [1.54, 1.807) is 4.90 Å². The minimum absolute atomic E-state index is 0.0253. The lowest BCUT2D eigenvalue weighted by Crippen LogP contribution is -2.51. The van der Waals surface area contributed by atoms with Crippen molar-refractivity contribution in [3.8, 4) is 0 Å². The largest absolute Gasteiger partial charge is 0.365 e. The lowest BCUT2D eigenvalue weighted by atomic mass is 9.95. The molecule has 0 aromatic heterocycles. The van der Waals surface area contributed by atoms with E-state index in [2.05, 4.69) is 0 Å². The molecule has 0 saturated carbocycles. The highest BCUT2D eigenvalue weighted by Crippen LogP contribution is 2.28. The van der Waals surface area contributed by atoms with Crippen molar-refractivity contribution in [3.05, 3.63) is 0 Å². The third-order valence-corrected chi connectivity index (χ3v) is 3.63. The van der Waals surface area contributed by atoms with Crippen LogP contribution in [0.25, 0.3) is 0 Å². The number of carbonyl (C=O) groups excluding carboxylic acids is 2. The van der Waals surface area contributed by atoms with Gasteiger partial charge in [0.25, 0.3) is 5.91 Å². The maximum absolute atomic E-state index is 12.3. The molecule has 2 unspecified atom stereocenters. The molecule has 2 saturated heterocycles. The summed E-state index contributed by atoms with van der Waals surface area (Å²) in [5, 5.41) is 0. The molecule has 1 amide bonds. The van der Waals surface area contributed by atoms with Gasteiger partial charge in [-0.05, 0) is 19.8 Å². The van der Waals surface area contributed by atoms with Crippen LogP contribution >= 0.6 is 0 Å². The molecule has 0 N–H and O–H groups in total. The molecule has 4 heteroatoms.